The Hall–Kier alpha value is -2.93. The fourth-order valence-electron chi connectivity index (χ4n) is 4.24. The van der Waals surface area contributed by atoms with E-state index in [9.17, 15) is 4.79 Å². The molecule has 30 heavy (non-hydrogen) atoms. The molecule has 0 unspecified atom stereocenters. The normalized spacial score (nSPS) is 21.9. The summed E-state index contributed by atoms with van der Waals surface area (Å²) in [5.74, 6) is 1.33. The van der Waals surface area contributed by atoms with Crippen molar-refractivity contribution in [1.29, 1.82) is 0 Å². The Balaban J connectivity index is 1.54. The zero-order valence-corrected chi connectivity index (χ0v) is 17.8. The van der Waals surface area contributed by atoms with Crippen LogP contribution in [0.3, 0.4) is 0 Å². The average molecular weight is 418 g/mol. The first kappa shape index (κ1) is 19.1. The van der Waals surface area contributed by atoms with Crippen LogP contribution >= 0.6 is 11.8 Å². The van der Waals surface area contributed by atoms with Gasteiger partial charge in [0.25, 0.3) is 0 Å². The number of anilines is 1. The molecule has 0 bridgehead atoms. The summed E-state index contributed by atoms with van der Waals surface area (Å²) < 4.78 is 1.84. The van der Waals surface area contributed by atoms with Gasteiger partial charge in [-0.05, 0) is 23.1 Å². The summed E-state index contributed by atoms with van der Waals surface area (Å²) in [6, 6.07) is 15.8. The van der Waals surface area contributed by atoms with Gasteiger partial charge in [0.15, 0.2) is 0 Å². The van der Waals surface area contributed by atoms with Gasteiger partial charge >= 0.3 is 0 Å². The highest BCUT2D eigenvalue weighted by atomic mass is 32.2. The Morgan fingerprint density at radius 1 is 1.17 bits per heavy atom. The fourth-order valence-corrected chi connectivity index (χ4v) is 5.02. The lowest BCUT2D eigenvalue weighted by atomic mass is 9.72. The zero-order valence-electron chi connectivity index (χ0n) is 16.9. The van der Waals surface area contributed by atoms with Gasteiger partial charge in [-0.1, -0.05) is 68.1 Å². The molecule has 152 valence electrons. The lowest BCUT2D eigenvalue weighted by Crippen LogP contribution is -2.42. The number of thioether (sulfide) groups is 1. The quantitative estimate of drug-likeness (QED) is 0.631. The van der Waals surface area contributed by atoms with Crippen LogP contribution in [0, 0.1) is 11.3 Å². The Morgan fingerprint density at radius 2 is 1.97 bits per heavy atom. The van der Waals surface area contributed by atoms with Gasteiger partial charge in [0.1, 0.15) is 11.8 Å². The molecule has 2 aromatic heterocycles. The third kappa shape index (κ3) is 3.54. The van der Waals surface area contributed by atoms with Crippen molar-refractivity contribution in [3.05, 3.63) is 77.8 Å². The molecule has 1 aliphatic carbocycles. The van der Waals surface area contributed by atoms with Crippen molar-refractivity contribution in [2.45, 2.75) is 37.2 Å². The van der Waals surface area contributed by atoms with Gasteiger partial charge in [0, 0.05) is 24.1 Å². The predicted octanol–water partition coefficient (Wildman–Crippen LogP) is 4.48. The molecule has 6 nitrogen and oxygen atoms in total. The standard InChI is InChI=1S/C23H23N5OS/c1-23(2)12-17-19(18(29)13-23)20(16-10-6-7-11-24-16)28-21(25-17)26-22(27-28)30-14-15-8-4-3-5-9-15/h3-12,19-20H,13-14H2,1-2H3,(H,25,26,27)/t19-,20-/m0/s1. The summed E-state index contributed by atoms with van der Waals surface area (Å²) >= 11 is 1.59. The number of rotatable bonds is 4. The molecule has 5 rings (SSSR count). The van der Waals surface area contributed by atoms with Gasteiger partial charge in [-0.15, -0.1) is 5.10 Å². The maximum Gasteiger partial charge on any atom is 0.227 e. The molecular weight excluding hydrogens is 394 g/mol. The summed E-state index contributed by atoms with van der Waals surface area (Å²) in [5, 5.41) is 8.85. The summed E-state index contributed by atoms with van der Waals surface area (Å²) in [4.78, 5) is 22.5. The highest BCUT2D eigenvalue weighted by molar-refractivity contribution is 7.98. The third-order valence-electron chi connectivity index (χ3n) is 5.51. The van der Waals surface area contributed by atoms with E-state index in [1.807, 2.05) is 41.1 Å². The fraction of sp³-hybridized carbons (Fsp3) is 0.304. The van der Waals surface area contributed by atoms with Crippen LogP contribution in [0.15, 0.2) is 71.7 Å². The maximum absolute atomic E-state index is 13.2. The highest BCUT2D eigenvalue weighted by Gasteiger charge is 2.45. The predicted molar refractivity (Wildman–Crippen MR) is 117 cm³/mol. The number of Topliss-reactive ketones (excluding diaryl/α,β-unsaturated/α-hetero) is 1. The first-order valence-electron chi connectivity index (χ1n) is 10.1. The molecule has 1 aromatic carbocycles. The van der Waals surface area contributed by atoms with E-state index in [1.165, 1.54) is 5.56 Å². The van der Waals surface area contributed by atoms with Crippen LogP contribution in [0.5, 0.6) is 0 Å². The number of fused-ring (bicyclic) bond motifs is 2. The molecular formula is C23H23N5OS. The van der Waals surface area contributed by atoms with Crippen LogP contribution in [0.25, 0.3) is 0 Å². The molecule has 3 aromatic rings. The van der Waals surface area contributed by atoms with E-state index in [4.69, 9.17) is 10.1 Å². The number of hydrogen-bond donors (Lipinski definition) is 1. The maximum atomic E-state index is 13.2. The smallest absolute Gasteiger partial charge is 0.227 e. The lowest BCUT2D eigenvalue weighted by Gasteiger charge is -2.39. The number of nitrogens with one attached hydrogen (secondary N) is 1. The molecule has 0 radical (unpaired) electrons. The van der Waals surface area contributed by atoms with Crippen LogP contribution in [-0.4, -0.2) is 25.5 Å². The number of aromatic nitrogens is 4. The molecule has 0 saturated heterocycles. The first-order chi connectivity index (χ1) is 14.5. The van der Waals surface area contributed by atoms with Gasteiger partial charge in [-0.25, -0.2) is 4.68 Å². The second-order valence-corrected chi connectivity index (χ2v) is 9.41. The number of benzene rings is 1. The van der Waals surface area contributed by atoms with Crippen LogP contribution in [0.2, 0.25) is 0 Å². The summed E-state index contributed by atoms with van der Waals surface area (Å²) in [6.45, 7) is 4.18. The zero-order chi connectivity index (χ0) is 20.7. The van der Waals surface area contributed by atoms with E-state index in [-0.39, 0.29) is 23.2 Å². The minimum atomic E-state index is -0.325. The van der Waals surface area contributed by atoms with Crippen molar-refractivity contribution in [2.24, 2.45) is 11.3 Å². The van der Waals surface area contributed by atoms with E-state index in [1.54, 1.807) is 18.0 Å². The molecule has 0 amide bonds. The molecule has 0 fully saturated rings. The van der Waals surface area contributed by atoms with Gasteiger partial charge in [-0.2, -0.15) is 4.98 Å². The Labute approximate surface area is 179 Å². The summed E-state index contributed by atoms with van der Waals surface area (Å²) in [5.41, 5.74) is 2.77. The van der Waals surface area contributed by atoms with E-state index >= 15 is 0 Å². The second kappa shape index (κ2) is 7.40. The Kier molecular flexibility index (Phi) is 4.70. The molecule has 3 heterocycles. The number of pyridine rings is 1. The van der Waals surface area contributed by atoms with Crippen molar-refractivity contribution >= 4 is 23.5 Å². The number of hydrogen-bond acceptors (Lipinski definition) is 6. The lowest BCUT2D eigenvalue weighted by molar-refractivity contribution is -0.125. The van der Waals surface area contributed by atoms with Crippen LogP contribution < -0.4 is 5.32 Å². The van der Waals surface area contributed by atoms with E-state index in [2.05, 4.69) is 42.4 Å². The average Bonchev–Trinajstić information content (AvgIpc) is 3.13. The van der Waals surface area contributed by atoms with Gasteiger partial charge in [0.05, 0.1) is 11.6 Å². The van der Waals surface area contributed by atoms with E-state index in [0.29, 0.717) is 17.5 Å². The first-order valence-corrected chi connectivity index (χ1v) is 11.1. The van der Waals surface area contributed by atoms with E-state index < -0.39 is 0 Å². The summed E-state index contributed by atoms with van der Waals surface area (Å²) in [7, 11) is 0. The molecule has 1 N–H and O–H groups in total. The SMILES string of the molecule is CC1(C)C=C2Nc3nc(SCc4ccccc4)nn3[C@@H](c3ccccn3)[C@@H]2C(=O)C1. The summed E-state index contributed by atoms with van der Waals surface area (Å²) in [6.07, 6.45) is 4.44. The number of nitrogens with zero attached hydrogens (tertiary/aromatic N) is 4. The molecule has 2 aliphatic rings. The van der Waals surface area contributed by atoms with Crippen molar-refractivity contribution in [3.63, 3.8) is 0 Å². The van der Waals surface area contributed by atoms with Gasteiger partial charge in [0.2, 0.25) is 11.1 Å². The highest BCUT2D eigenvalue weighted by Crippen LogP contribution is 2.45. The van der Waals surface area contributed by atoms with Gasteiger partial charge < -0.3 is 5.32 Å². The monoisotopic (exact) mass is 417 g/mol. The largest absolute Gasteiger partial charge is 0.328 e. The van der Waals surface area contributed by atoms with Crippen molar-refractivity contribution in [2.75, 3.05) is 5.32 Å². The third-order valence-corrected chi connectivity index (χ3v) is 6.42. The molecule has 0 saturated carbocycles. The molecule has 1 aliphatic heterocycles. The van der Waals surface area contributed by atoms with Gasteiger partial charge in [-0.3, -0.25) is 9.78 Å². The minimum Gasteiger partial charge on any atom is -0.328 e. The molecule has 2 atom stereocenters. The molecule has 7 heteroatoms. The number of carbonyl (C=O) groups excluding carboxylic acids is 1. The van der Waals surface area contributed by atoms with E-state index in [0.717, 1.165) is 17.1 Å². The number of ketones is 1. The topological polar surface area (TPSA) is 72.7 Å². The van der Waals surface area contributed by atoms with Crippen LogP contribution in [0.1, 0.15) is 37.6 Å². The Bertz CT molecular complexity index is 1110. The molecule has 0 spiro atoms. The minimum absolute atomic E-state index is 0.183. The van der Waals surface area contributed by atoms with Crippen molar-refractivity contribution in [3.8, 4) is 0 Å². The van der Waals surface area contributed by atoms with Crippen molar-refractivity contribution < 1.29 is 4.79 Å². The number of carbonyl (C=O) groups is 1. The Morgan fingerprint density at radius 3 is 2.73 bits per heavy atom. The second-order valence-electron chi connectivity index (χ2n) is 8.47. The number of allylic oxidation sites excluding steroid dienone is 2. The van der Waals surface area contributed by atoms with Crippen LogP contribution in [0.4, 0.5) is 5.95 Å². The van der Waals surface area contributed by atoms with Crippen molar-refractivity contribution in [1.82, 2.24) is 19.7 Å². The van der Waals surface area contributed by atoms with Crippen LogP contribution in [-0.2, 0) is 10.5 Å².